The van der Waals surface area contributed by atoms with Gasteiger partial charge in [0, 0.05) is 51.1 Å². The first-order valence-electron chi connectivity index (χ1n) is 14.0. The molecule has 0 saturated carbocycles. The second-order valence-electron chi connectivity index (χ2n) is 11.5. The molecule has 9 nitrogen and oxygen atoms in total. The highest BCUT2D eigenvalue weighted by atomic mass is 32.2. The fraction of sp³-hybridized carbons (Fsp3) is 0.533. The maximum Gasteiger partial charge on any atom is 0.410 e. The smallest absolute Gasteiger partial charge is 0.410 e. The molecule has 0 saturated heterocycles. The third-order valence-electron chi connectivity index (χ3n) is 7.14. The number of halogens is 1. The summed E-state index contributed by atoms with van der Waals surface area (Å²) < 4.78 is 25.2. The van der Waals surface area contributed by atoms with Gasteiger partial charge in [-0.3, -0.25) is 4.79 Å². The largest absolute Gasteiger partial charge is 0.489 e. The van der Waals surface area contributed by atoms with Crippen LogP contribution in [-0.4, -0.2) is 89.5 Å². The summed E-state index contributed by atoms with van der Waals surface area (Å²) in [6, 6.07) is 7.50. The molecule has 228 valence electrons. The summed E-state index contributed by atoms with van der Waals surface area (Å²) in [6.07, 6.45) is 6.04. The average Bonchev–Trinajstić information content (AvgIpc) is 3.35. The first-order valence-corrected chi connectivity index (χ1v) is 16.1. The molecule has 0 bridgehead atoms. The highest BCUT2D eigenvalue weighted by molar-refractivity contribution is 8.03. The fourth-order valence-electron chi connectivity index (χ4n) is 4.86. The number of allylic oxidation sites excluding steroid dienone is 1. The Bertz CT molecular complexity index is 1300. The molecule has 2 atom stereocenters. The van der Waals surface area contributed by atoms with Crippen LogP contribution in [0.25, 0.3) is 0 Å². The zero-order chi connectivity index (χ0) is 30.5. The summed E-state index contributed by atoms with van der Waals surface area (Å²) >= 11 is 3.12. The van der Waals surface area contributed by atoms with Gasteiger partial charge in [-0.05, 0) is 57.9 Å². The van der Waals surface area contributed by atoms with E-state index in [0.29, 0.717) is 47.5 Å². The van der Waals surface area contributed by atoms with Crippen LogP contribution in [0, 0.1) is 0 Å². The molecule has 2 unspecified atom stereocenters. The summed E-state index contributed by atoms with van der Waals surface area (Å²) in [5.41, 5.74) is 0.484. The van der Waals surface area contributed by atoms with Crippen molar-refractivity contribution in [3.05, 3.63) is 47.5 Å². The second-order valence-corrected chi connectivity index (χ2v) is 13.7. The predicted octanol–water partition coefficient (Wildman–Crippen LogP) is 6.05. The molecule has 0 aliphatic carbocycles. The number of likely N-dealkylation sites (N-methyl/N-ethyl adjacent to an activating group) is 1. The van der Waals surface area contributed by atoms with Crippen LogP contribution in [0.4, 0.5) is 20.7 Å². The van der Waals surface area contributed by atoms with E-state index in [9.17, 15) is 14.0 Å². The van der Waals surface area contributed by atoms with Crippen LogP contribution in [0.15, 0.2) is 47.1 Å². The standard InChI is InChI=1S/C30H40FN5O4S2/c1-29(2,3)40-28(38)35(15-13-31)14-11-24(30(4)12-8-18-42-30)39-22-10-7-9-21(19-22)36-17-16-34(5)25-23(26(36)37)20-32-27(33-25)41-6/h7-10,18-20,24H,11-17H2,1-6H3. The highest BCUT2D eigenvalue weighted by Crippen LogP contribution is 2.42. The second kappa shape index (κ2) is 13.5. The Morgan fingerprint density at radius 3 is 2.74 bits per heavy atom. The van der Waals surface area contributed by atoms with Gasteiger partial charge in [-0.15, -0.1) is 11.8 Å². The molecule has 42 heavy (non-hydrogen) atoms. The number of fused-ring (bicyclic) bond motifs is 1. The Balaban J connectivity index is 1.55. The molecule has 0 fully saturated rings. The van der Waals surface area contributed by atoms with Gasteiger partial charge in [0.25, 0.3) is 5.91 Å². The van der Waals surface area contributed by atoms with Gasteiger partial charge in [-0.1, -0.05) is 23.9 Å². The third-order valence-corrected chi connectivity index (χ3v) is 9.00. The van der Waals surface area contributed by atoms with Crippen LogP contribution in [0.1, 0.15) is 50.9 Å². The molecule has 2 aromatic rings. The number of ether oxygens (including phenoxy) is 2. The number of nitrogens with zero attached hydrogens (tertiary/aromatic N) is 5. The van der Waals surface area contributed by atoms with Crippen molar-refractivity contribution in [2.24, 2.45) is 0 Å². The normalized spacial score (nSPS) is 19.4. The van der Waals surface area contributed by atoms with Crippen molar-refractivity contribution < 1.29 is 23.5 Å². The van der Waals surface area contributed by atoms with E-state index >= 15 is 0 Å². The lowest BCUT2D eigenvalue weighted by Crippen LogP contribution is -2.44. The number of thioether (sulfide) groups is 2. The molecule has 2 aliphatic rings. The molecule has 2 amide bonds. The van der Waals surface area contributed by atoms with E-state index in [0.717, 1.165) is 6.42 Å². The molecule has 1 aromatic heterocycles. The highest BCUT2D eigenvalue weighted by Gasteiger charge is 2.38. The molecule has 4 rings (SSSR count). The van der Waals surface area contributed by atoms with Gasteiger partial charge in [-0.25, -0.2) is 19.2 Å². The van der Waals surface area contributed by atoms with E-state index in [1.54, 1.807) is 43.6 Å². The quantitative estimate of drug-likeness (QED) is 0.234. The zero-order valence-corrected chi connectivity index (χ0v) is 26.8. The van der Waals surface area contributed by atoms with Crippen LogP contribution in [0.3, 0.4) is 0 Å². The van der Waals surface area contributed by atoms with E-state index in [2.05, 4.69) is 28.4 Å². The Hall–Kier alpha value is -2.99. The van der Waals surface area contributed by atoms with Gasteiger partial charge in [0.15, 0.2) is 5.16 Å². The monoisotopic (exact) mass is 617 g/mol. The van der Waals surface area contributed by atoms with Gasteiger partial charge >= 0.3 is 6.09 Å². The number of amides is 2. The van der Waals surface area contributed by atoms with Crippen molar-refractivity contribution >= 4 is 47.0 Å². The molecule has 1 aromatic carbocycles. The van der Waals surface area contributed by atoms with Crippen molar-refractivity contribution in [2.75, 3.05) is 56.0 Å². The van der Waals surface area contributed by atoms with Crippen LogP contribution in [0.2, 0.25) is 0 Å². The number of hydrogen-bond donors (Lipinski definition) is 0. The van der Waals surface area contributed by atoms with Crippen LogP contribution < -0.4 is 14.5 Å². The molecule has 0 N–H and O–H groups in total. The van der Waals surface area contributed by atoms with Crippen molar-refractivity contribution in [3.63, 3.8) is 0 Å². The van der Waals surface area contributed by atoms with Gasteiger partial charge in [0.2, 0.25) is 0 Å². The zero-order valence-electron chi connectivity index (χ0n) is 25.1. The number of benzene rings is 1. The molecule has 0 radical (unpaired) electrons. The third kappa shape index (κ3) is 7.69. The van der Waals surface area contributed by atoms with E-state index in [4.69, 9.17) is 9.47 Å². The summed E-state index contributed by atoms with van der Waals surface area (Å²) in [4.78, 5) is 40.5. The molecule has 3 heterocycles. The maximum absolute atomic E-state index is 13.7. The minimum absolute atomic E-state index is 0.0473. The number of carbonyl (C=O) groups is 2. The lowest BCUT2D eigenvalue weighted by molar-refractivity contribution is 0.0208. The first kappa shape index (κ1) is 31.9. The number of carbonyl (C=O) groups excluding carboxylic acids is 2. The topological polar surface area (TPSA) is 88.1 Å². The average molecular weight is 618 g/mol. The van der Waals surface area contributed by atoms with E-state index in [1.165, 1.54) is 16.7 Å². The van der Waals surface area contributed by atoms with E-state index in [-0.39, 0.29) is 29.8 Å². The lowest BCUT2D eigenvalue weighted by Gasteiger charge is -2.35. The van der Waals surface area contributed by atoms with Crippen LogP contribution >= 0.6 is 23.5 Å². The number of hydrogen-bond acceptors (Lipinski definition) is 9. The molecular formula is C30H40FN5O4S2. The van der Waals surface area contributed by atoms with Gasteiger partial charge in [0.1, 0.15) is 35.5 Å². The SMILES string of the molecule is CSc1ncc2c(n1)N(C)CCN(c1cccc(OC(CCN(CCF)C(=O)OC(C)(C)C)C3(C)CC=CS3)c1)C2=O. The first-order chi connectivity index (χ1) is 19.9. The van der Waals surface area contributed by atoms with E-state index < -0.39 is 18.4 Å². The summed E-state index contributed by atoms with van der Waals surface area (Å²) in [5.74, 6) is 1.06. The number of rotatable bonds is 10. The Morgan fingerprint density at radius 1 is 1.29 bits per heavy atom. The fourth-order valence-corrected chi connectivity index (χ4v) is 6.21. The van der Waals surface area contributed by atoms with E-state index in [1.807, 2.05) is 42.5 Å². The van der Waals surface area contributed by atoms with Gasteiger partial charge in [-0.2, -0.15) is 0 Å². The minimum atomic E-state index is -0.678. The molecule has 12 heteroatoms. The Kier molecular flexibility index (Phi) is 10.3. The Labute approximate surface area is 256 Å². The minimum Gasteiger partial charge on any atom is -0.489 e. The summed E-state index contributed by atoms with van der Waals surface area (Å²) in [7, 11) is 1.92. The lowest BCUT2D eigenvalue weighted by atomic mass is 9.96. The number of anilines is 2. The number of aromatic nitrogens is 2. The summed E-state index contributed by atoms with van der Waals surface area (Å²) in [6.45, 7) is 8.16. The van der Waals surface area contributed by atoms with Crippen molar-refractivity contribution in [1.82, 2.24) is 14.9 Å². The molecular weight excluding hydrogens is 577 g/mol. The summed E-state index contributed by atoms with van der Waals surface area (Å²) in [5, 5.41) is 2.68. The predicted molar refractivity (Wildman–Crippen MR) is 168 cm³/mol. The number of alkyl halides is 1. The van der Waals surface area contributed by atoms with Crippen molar-refractivity contribution in [2.45, 2.75) is 62.1 Å². The van der Waals surface area contributed by atoms with Gasteiger partial charge in [0.05, 0.1) is 11.3 Å². The maximum atomic E-state index is 13.7. The Morgan fingerprint density at radius 2 is 2.07 bits per heavy atom. The van der Waals surface area contributed by atoms with Crippen molar-refractivity contribution in [1.29, 1.82) is 0 Å². The molecule has 0 spiro atoms. The van der Waals surface area contributed by atoms with Crippen molar-refractivity contribution in [3.8, 4) is 5.75 Å². The van der Waals surface area contributed by atoms with Crippen LogP contribution in [-0.2, 0) is 4.74 Å². The van der Waals surface area contributed by atoms with Crippen LogP contribution in [0.5, 0.6) is 5.75 Å². The molecule has 2 aliphatic heterocycles. The van der Waals surface area contributed by atoms with Gasteiger partial charge < -0.3 is 24.2 Å².